The van der Waals surface area contributed by atoms with Gasteiger partial charge in [-0.2, -0.15) is 0 Å². The molecule has 0 aromatic heterocycles. The minimum absolute atomic E-state index is 0.0218. The molecule has 3 rings (SSSR count). The van der Waals surface area contributed by atoms with E-state index in [-0.39, 0.29) is 36.5 Å². The molecule has 2 N–H and O–H groups in total. The monoisotopic (exact) mass is 295 g/mol. The number of carboxylic acid groups (broad SMARTS) is 1. The Labute approximate surface area is 123 Å². The van der Waals surface area contributed by atoms with E-state index in [1.54, 1.807) is 4.90 Å². The molecule has 6 nitrogen and oxygen atoms in total. The van der Waals surface area contributed by atoms with Crippen molar-refractivity contribution >= 4 is 11.9 Å². The van der Waals surface area contributed by atoms with E-state index >= 15 is 0 Å². The molecule has 0 aromatic carbocycles. The van der Waals surface area contributed by atoms with Crippen molar-refractivity contribution in [3.63, 3.8) is 0 Å². The molecule has 2 fully saturated rings. The number of hydrogen-bond donors (Lipinski definition) is 2. The van der Waals surface area contributed by atoms with Gasteiger partial charge in [-0.15, -0.1) is 0 Å². The first-order chi connectivity index (χ1) is 10.0. The van der Waals surface area contributed by atoms with Crippen LogP contribution in [-0.4, -0.2) is 58.9 Å². The molecule has 1 heterocycles. The van der Waals surface area contributed by atoms with E-state index in [0.29, 0.717) is 13.2 Å². The van der Waals surface area contributed by atoms with Gasteiger partial charge in [0.2, 0.25) is 5.91 Å². The first-order valence-electron chi connectivity index (χ1n) is 7.47. The number of morpholine rings is 1. The number of hydrogen-bond acceptors (Lipinski definition) is 4. The molecule has 1 amide bonds. The predicted octanol–water partition coefficient (Wildman–Crippen LogP) is 0.117. The Morgan fingerprint density at radius 2 is 1.95 bits per heavy atom. The fourth-order valence-corrected chi connectivity index (χ4v) is 3.92. The van der Waals surface area contributed by atoms with Crippen LogP contribution < -0.4 is 0 Å². The summed E-state index contributed by atoms with van der Waals surface area (Å²) in [5.41, 5.74) is 0. The lowest BCUT2D eigenvalue weighted by atomic mass is 9.81. The lowest BCUT2D eigenvalue weighted by Gasteiger charge is -2.40. The maximum absolute atomic E-state index is 12.9. The van der Waals surface area contributed by atoms with Crippen molar-refractivity contribution in [2.45, 2.75) is 25.5 Å². The largest absolute Gasteiger partial charge is 0.481 e. The van der Waals surface area contributed by atoms with E-state index in [0.717, 1.165) is 6.42 Å². The maximum Gasteiger partial charge on any atom is 0.307 e. The Morgan fingerprint density at radius 1 is 1.29 bits per heavy atom. The highest BCUT2D eigenvalue weighted by Crippen LogP contribution is 2.49. The number of aliphatic hydroxyl groups excluding tert-OH is 1. The van der Waals surface area contributed by atoms with Crippen LogP contribution in [0.2, 0.25) is 0 Å². The molecule has 116 valence electrons. The van der Waals surface area contributed by atoms with Gasteiger partial charge in [0.15, 0.2) is 0 Å². The van der Waals surface area contributed by atoms with Crippen molar-refractivity contribution in [1.29, 1.82) is 0 Å². The van der Waals surface area contributed by atoms with Crippen LogP contribution in [0.25, 0.3) is 0 Å². The molecule has 3 aliphatic rings. The second-order valence-corrected chi connectivity index (χ2v) is 6.32. The smallest absolute Gasteiger partial charge is 0.307 e. The van der Waals surface area contributed by atoms with Crippen LogP contribution in [0, 0.1) is 23.7 Å². The number of carbonyl (C=O) groups is 2. The SMILES string of the molecule is CC1COC(CO)CN1C(=O)[C@H]1C2C=CC(C2)[C@H]1C(=O)O. The van der Waals surface area contributed by atoms with Gasteiger partial charge in [-0.05, 0) is 25.2 Å². The van der Waals surface area contributed by atoms with E-state index in [4.69, 9.17) is 4.74 Å². The van der Waals surface area contributed by atoms with Gasteiger partial charge in [0.25, 0.3) is 0 Å². The molecule has 0 radical (unpaired) electrons. The van der Waals surface area contributed by atoms with Crippen LogP contribution in [0.15, 0.2) is 12.2 Å². The number of rotatable bonds is 3. The molecule has 2 bridgehead atoms. The van der Waals surface area contributed by atoms with Crippen molar-refractivity contribution in [1.82, 2.24) is 4.90 Å². The van der Waals surface area contributed by atoms with Crippen molar-refractivity contribution < 1.29 is 24.5 Å². The molecule has 1 saturated carbocycles. The zero-order chi connectivity index (χ0) is 15.1. The highest BCUT2D eigenvalue weighted by Gasteiger charge is 2.53. The fourth-order valence-electron chi connectivity index (χ4n) is 3.92. The number of aliphatic carboxylic acids is 1. The van der Waals surface area contributed by atoms with Crippen molar-refractivity contribution in [2.24, 2.45) is 23.7 Å². The summed E-state index contributed by atoms with van der Waals surface area (Å²) in [6.45, 7) is 2.48. The molecule has 4 unspecified atom stereocenters. The summed E-state index contributed by atoms with van der Waals surface area (Å²) in [4.78, 5) is 26.1. The summed E-state index contributed by atoms with van der Waals surface area (Å²) in [6, 6.07) is -0.0853. The minimum atomic E-state index is -0.884. The third-order valence-electron chi connectivity index (χ3n) is 5.02. The van der Waals surface area contributed by atoms with Gasteiger partial charge in [-0.1, -0.05) is 12.2 Å². The van der Waals surface area contributed by atoms with Crippen molar-refractivity contribution in [3.8, 4) is 0 Å². The summed E-state index contributed by atoms with van der Waals surface area (Å²) < 4.78 is 5.44. The third-order valence-corrected chi connectivity index (χ3v) is 5.02. The zero-order valence-electron chi connectivity index (χ0n) is 12.0. The summed E-state index contributed by atoms with van der Waals surface area (Å²) in [6.07, 6.45) is 4.31. The molecule has 0 spiro atoms. The van der Waals surface area contributed by atoms with Crippen molar-refractivity contribution in [3.05, 3.63) is 12.2 Å². The average molecular weight is 295 g/mol. The Hall–Kier alpha value is -1.40. The minimum Gasteiger partial charge on any atom is -0.481 e. The Balaban J connectivity index is 1.80. The van der Waals surface area contributed by atoms with E-state index in [1.165, 1.54) is 0 Å². The first kappa shape index (κ1) is 14.5. The van der Waals surface area contributed by atoms with Gasteiger partial charge in [0, 0.05) is 6.54 Å². The highest BCUT2D eigenvalue weighted by molar-refractivity contribution is 5.87. The van der Waals surface area contributed by atoms with Gasteiger partial charge >= 0.3 is 5.97 Å². The molecule has 0 aromatic rings. The van der Waals surface area contributed by atoms with E-state index in [1.807, 2.05) is 19.1 Å². The Bertz CT molecular complexity index is 477. The Kier molecular flexibility index (Phi) is 3.75. The summed E-state index contributed by atoms with van der Waals surface area (Å²) >= 11 is 0. The highest BCUT2D eigenvalue weighted by atomic mass is 16.5. The molecule has 1 saturated heterocycles. The summed E-state index contributed by atoms with van der Waals surface area (Å²) in [5, 5.41) is 18.7. The van der Waals surface area contributed by atoms with Crippen LogP contribution in [0.4, 0.5) is 0 Å². The quantitative estimate of drug-likeness (QED) is 0.722. The lowest BCUT2D eigenvalue weighted by Crippen LogP contribution is -2.55. The normalized spacial score (nSPS) is 41.5. The number of ether oxygens (including phenoxy) is 1. The number of nitrogens with zero attached hydrogens (tertiary/aromatic N) is 1. The number of allylic oxidation sites excluding steroid dienone is 2. The molecule has 21 heavy (non-hydrogen) atoms. The van der Waals surface area contributed by atoms with E-state index in [2.05, 4.69) is 0 Å². The number of amides is 1. The van der Waals surface area contributed by atoms with Crippen LogP contribution in [0.3, 0.4) is 0 Å². The van der Waals surface area contributed by atoms with Gasteiger partial charge in [0.1, 0.15) is 0 Å². The first-order valence-corrected chi connectivity index (χ1v) is 7.47. The average Bonchev–Trinajstić information content (AvgIpc) is 3.07. The number of aliphatic hydroxyl groups is 1. The second kappa shape index (κ2) is 5.42. The summed E-state index contributed by atoms with van der Waals surface area (Å²) in [5.74, 6) is -2.07. The predicted molar refractivity (Wildman–Crippen MR) is 73.4 cm³/mol. The molecule has 6 heteroatoms. The Morgan fingerprint density at radius 3 is 2.57 bits per heavy atom. The second-order valence-electron chi connectivity index (χ2n) is 6.32. The van der Waals surface area contributed by atoms with Gasteiger partial charge in [0.05, 0.1) is 37.2 Å². The van der Waals surface area contributed by atoms with Crippen LogP contribution in [0.5, 0.6) is 0 Å². The van der Waals surface area contributed by atoms with Crippen LogP contribution in [-0.2, 0) is 14.3 Å². The summed E-state index contributed by atoms with van der Waals surface area (Å²) in [7, 11) is 0. The van der Waals surface area contributed by atoms with E-state index in [9.17, 15) is 19.8 Å². The topological polar surface area (TPSA) is 87.1 Å². The van der Waals surface area contributed by atoms with Crippen molar-refractivity contribution in [2.75, 3.05) is 19.8 Å². The number of fused-ring (bicyclic) bond motifs is 2. The molecular weight excluding hydrogens is 274 g/mol. The standard InChI is InChI=1S/C15H21NO5/c1-8-7-21-11(6-17)5-16(8)14(18)12-9-2-3-10(4-9)13(12)15(19)20/h2-3,8-13,17H,4-7H2,1H3,(H,19,20)/t8?,9?,10?,11?,12-,13+/m0/s1. The molecule has 2 aliphatic carbocycles. The fraction of sp³-hybridized carbons (Fsp3) is 0.733. The van der Waals surface area contributed by atoms with Crippen LogP contribution in [0.1, 0.15) is 13.3 Å². The molecular formula is C15H21NO5. The maximum atomic E-state index is 12.9. The van der Waals surface area contributed by atoms with E-state index < -0.39 is 17.8 Å². The number of carbonyl (C=O) groups excluding carboxylic acids is 1. The van der Waals surface area contributed by atoms with Gasteiger partial charge < -0.3 is 19.8 Å². The molecule has 6 atom stereocenters. The van der Waals surface area contributed by atoms with Gasteiger partial charge in [-0.3, -0.25) is 9.59 Å². The zero-order valence-corrected chi connectivity index (χ0v) is 12.0. The van der Waals surface area contributed by atoms with Crippen LogP contribution >= 0.6 is 0 Å². The third kappa shape index (κ3) is 2.36. The number of carboxylic acids is 1. The lowest BCUT2D eigenvalue weighted by molar-refractivity contribution is -0.158. The molecule has 1 aliphatic heterocycles. The van der Waals surface area contributed by atoms with Gasteiger partial charge in [-0.25, -0.2) is 0 Å².